The molecule has 2 aliphatic heterocycles. The van der Waals surface area contributed by atoms with Crippen LogP contribution >= 0.6 is 11.6 Å². The number of para-hydroxylation sites is 1. The molecule has 0 aromatic heterocycles. The van der Waals surface area contributed by atoms with Crippen LogP contribution in [0.2, 0.25) is 5.02 Å². The Labute approximate surface area is 192 Å². The molecule has 0 aliphatic carbocycles. The first kappa shape index (κ1) is 20.5. The zero-order valence-electron chi connectivity index (χ0n) is 17.8. The van der Waals surface area contributed by atoms with Crippen LogP contribution < -0.4 is 4.90 Å². The van der Waals surface area contributed by atoms with Gasteiger partial charge in [0.15, 0.2) is 0 Å². The predicted molar refractivity (Wildman–Crippen MR) is 127 cm³/mol. The first-order valence-corrected chi connectivity index (χ1v) is 11.2. The van der Waals surface area contributed by atoms with Gasteiger partial charge in [0, 0.05) is 17.3 Å². The van der Waals surface area contributed by atoms with Gasteiger partial charge < -0.3 is 4.90 Å². The third-order valence-electron chi connectivity index (χ3n) is 6.15. The summed E-state index contributed by atoms with van der Waals surface area (Å²) in [4.78, 5) is 30.8. The van der Waals surface area contributed by atoms with E-state index in [1.165, 1.54) is 10.5 Å². The molecule has 32 heavy (non-hydrogen) atoms. The topological polar surface area (TPSA) is 40.6 Å². The molecule has 2 amide bonds. The Morgan fingerprint density at radius 1 is 0.875 bits per heavy atom. The molecule has 0 saturated heterocycles. The van der Waals surface area contributed by atoms with Gasteiger partial charge in [-0.05, 0) is 48.6 Å². The van der Waals surface area contributed by atoms with Gasteiger partial charge in [-0.1, -0.05) is 77.8 Å². The number of rotatable bonds is 4. The van der Waals surface area contributed by atoms with E-state index in [1.807, 2.05) is 72.5 Å². The second-order valence-corrected chi connectivity index (χ2v) is 8.67. The summed E-state index contributed by atoms with van der Waals surface area (Å²) >= 11 is 6.35. The van der Waals surface area contributed by atoms with Crippen LogP contribution in [0.3, 0.4) is 0 Å². The highest BCUT2D eigenvalue weighted by atomic mass is 35.5. The van der Waals surface area contributed by atoms with Crippen molar-refractivity contribution >= 4 is 34.7 Å². The Morgan fingerprint density at radius 3 is 2.38 bits per heavy atom. The van der Waals surface area contributed by atoms with Crippen molar-refractivity contribution in [1.82, 2.24) is 4.90 Å². The third-order valence-corrected chi connectivity index (χ3v) is 6.52. The van der Waals surface area contributed by atoms with E-state index < -0.39 is 0 Å². The van der Waals surface area contributed by atoms with Gasteiger partial charge in [-0.15, -0.1) is 0 Å². The maximum Gasteiger partial charge on any atom is 0.278 e. The molecule has 0 saturated carbocycles. The summed E-state index contributed by atoms with van der Waals surface area (Å²) < 4.78 is 0. The molecular weight excluding hydrogens is 420 g/mol. The van der Waals surface area contributed by atoms with Crippen LogP contribution in [0.15, 0.2) is 78.5 Å². The van der Waals surface area contributed by atoms with Gasteiger partial charge in [0.2, 0.25) is 0 Å². The summed E-state index contributed by atoms with van der Waals surface area (Å²) in [5.41, 5.74) is 5.72. The van der Waals surface area contributed by atoms with E-state index in [1.54, 1.807) is 6.07 Å². The summed E-state index contributed by atoms with van der Waals surface area (Å²) in [6.45, 7) is 2.84. The van der Waals surface area contributed by atoms with Crippen LogP contribution in [0.25, 0.3) is 5.57 Å². The van der Waals surface area contributed by atoms with E-state index in [2.05, 4.69) is 6.07 Å². The largest absolute Gasteiger partial charge is 0.336 e. The minimum atomic E-state index is -0.281. The number of aryl methyl sites for hydroxylation is 2. The maximum absolute atomic E-state index is 13.8. The molecule has 5 rings (SSSR count). The van der Waals surface area contributed by atoms with Crippen LogP contribution in [0.4, 0.5) is 5.69 Å². The summed E-state index contributed by atoms with van der Waals surface area (Å²) in [6.07, 6.45) is 1.89. The SMILES string of the molecule is Cc1ccc(C2=C(N3CCCc4ccccc43)C(=O)N(Cc3ccccc3Cl)C2=O)cc1. The molecule has 0 spiro atoms. The highest BCUT2D eigenvalue weighted by molar-refractivity contribution is 6.37. The number of fused-ring (bicyclic) bond motifs is 1. The van der Waals surface area contributed by atoms with E-state index in [-0.39, 0.29) is 18.4 Å². The number of nitrogens with zero attached hydrogens (tertiary/aromatic N) is 2. The molecule has 0 N–H and O–H groups in total. The van der Waals surface area contributed by atoms with Gasteiger partial charge in [0.1, 0.15) is 5.70 Å². The maximum atomic E-state index is 13.8. The van der Waals surface area contributed by atoms with Crippen molar-refractivity contribution in [2.45, 2.75) is 26.3 Å². The molecule has 2 aliphatic rings. The van der Waals surface area contributed by atoms with Crippen molar-refractivity contribution in [3.05, 3.63) is 106 Å². The van der Waals surface area contributed by atoms with Crippen molar-refractivity contribution in [3.63, 3.8) is 0 Å². The number of hydrogen-bond acceptors (Lipinski definition) is 3. The number of anilines is 1. The Hall–Kier alpha value is -3.37. The van der Waals surface area contributed by atoms with Gasteiger partial charge in [-0.2, -0.15) is 0 Å². The summed E-state index contributed by atoms with van der Waals surface area (Å²) in [6, 6.07) is 23.2. The highest BCUT2D eigenvalue weighted by Crippen LogP contribution is 2.38. The number of hydrogen-bond donors (Lipinski definition) is 0. The van der Waals surface area contributed by atoms with Crippen LogP contribution in [0, 0.1) is 6.92 Å². The monoisotopic (exact) mass is 442 g/mol. The standard InChI is InChI=1S/C27H23ClN2O2/c1-18-12-14-20(15-13-18)24-25(29-16-6-9-19-7-3-5-11-23(19)29)27(32)30(26(24)31)17-21-8-2-4-10-22(21)28/h2-5,7-8,10-15H,6,9,16-17H2,1H3. The normalized spacial score (nSPS) is 16.1. The number of halogens is 1. The third kappa shape index (κ3) is 3.51. The number of imide groups is 1. The highest BCUT2D eigenvalue weighted by Gasteiger charge is 2.42. The number of amides is 2. The first-order valence-electron chi connectivity index (χ1n) is 10.8. The van der Waals surface area contributed by atoms with Crippen molar-refractivity contribution < 1.29 is 9.59 Å². The second-order valence-electron chi connectivity index (χ2n) is 8.26. The average molecular weight is 443 g/mol. The lowest BCUT2D eigenvalue weighted by atomic mass is 9.98. The minimum Gasteiger partial charge on any atom is -0.336 e. The van der Waals surface area contributed by atoms with E-state index in [0.29, 0.717) is 22.8 Å². The molecule has 0 radical (unpaired) electrons. The van der Waals surface area contributed by atoms with E-state index >= 15 is 0 Å². The average Bonchev–Trinajstić information content (AvgIpc) is 3.05. The van der Waals surface area contributed by atoms with Gasteiger partial charge >= 0.3 is 0 Å². The van der Waals surface area contributed by atoms with E-state index in [4.69, 9.17) is 11.6 Å². The van der Waals surface area contributed by atoms with Crippen LogP contribution in [-0.2, 0) is 22.6 Å². The molecule has 3 aromatic rings. The Morgan fingerprint density at radius 2 is 1.59 bits per heavy atom. The molecule has 0 unspecified atom stereocenters. The molecule has 0 atom stereocenters. The van der Waals surface area contributed by atoms with Gasteiger partial charge in [-0.25, -0.2) is 0 Å². The summed E-state index contributed by atoms with van der Waals surface area (Å²) in [5.74, 6) is -0.556. The van der Waals surface area contributed by atoms with E-state index in [0.717, 1.165) is 35.2 Å². The van der Waals surface area contributed by atoms with Gasteiger partial charge in [0.05, 0.1) is 12.1 Å². The van der Waals surface area contributed by atoms with Crippen molar-refractivity contribution in [3.8, 4) is 0 Å². The van der Waals surface area contributed by atoms with Gasteiger partial charge in [-0.3, -0.25) is 14.5 Å². The number of carbonyl (C=O) groups is 2. The van der Waals surface area contributed by atoms with Gasteiger partial charge in [0.25, 0.3) is 11.8 Å². The number of carbonyl (C=O) groups excluding carboxylic acids is 2. The predicted octanol–water partition coefficient (Wildman–Crippen LogP) is 5.38. The molecular formula is C27H23ClN2O2. The zero-order chi connectivity index (χ0) is 22.2. The molecule has 3 aromatic carbocycles. The molecule has 0 fully saturated rings. The fourth-order valence-corrected chi connectivity index (χ4v) is 4.70. The first-order chi connectivity index (χ1) is 15.5. The van der Waals surface area contributed by atoms with Crippen LogP contribution in [0.5, 0.6) is 0 Å². The molecule has 4 nitrogen and oxygen atoms in total. The molecule has 5 heteroatoms. The minimum absolute atomic E-state index is 0.145. The number of benzene rings is 3. The Balaban J connectivity index is 1.63. The quantitative estimate of drug-likeness (QED) is 0.509. The lowest BCUT2D eigenvalue weighted by Crippen LogP contribution is -2.36. The molecule has 160 valence electrons. The molecule has 0 bridgehead atoms. The fraction of sp³-hybridized carbons (Fsp3) is 0.185. The smallest absolute Gasteiger partial charge is 0.278 e. The Kier molecular flexibility index (Phi) is 5.32. The van der Waals surface area contributed by atoms with Crippen LogP contribution in [-0.4, -0.2) is 23.3 Å². The fourth-order valence-electron chi connectivity index (χ4n) is 4.50. The summed E-state index contributed by atoms with van der Waals surface area (Å²) in [7, 11) is 0. The van der Waals surface area contributed by atoms with Crippen molar-refractivity contribution in [2.24, 2.45) is 0 Å². The summed E-state index contributed by atoms with van der Waals surface area (Å²) in [5, 5.41) is 0.543. The lowest BCUT2D eigenvalue weighted by Gasteiger charge is -2.32. The van der Waals surface area contributed by atoms with Crippen molar-refractivity contribution in [2.75, 3.05) is 11.4 Å². The lowest BCUT2D eigenvalue weighted by molar-refractivity contribution is -0.137. The van der Waals surface area contributed by atoms with E-state index in [9.17, 15) is 9.59 Å². The van der Waals surface area contributed by atoms with Crippen LogP contribution in [0.1, 0.15) is 28.7 Å². The molecule has 2 heterocycles. The second kappa shape index (κ2) is 8.29. The zero-order valence-corrected chi connectivity index (χ0v) is 18.6. The van der Waals surface area contributed by atoms with Crippen molar-refractivity contribution in [1.29, 1.82) is 0 Å². The Bertz CT molecular complexity index is 1250.